The van der Waals surface area contributed by atoms with Crippen molar-refractivity contribution in [1.82, 2.24) is 10.2 Å². The molecule has 1 aliphatic heterocycles. The first-order chi connectivity index (χ1) is 9.36. The number of nitrogens with one attached hydrogen (secondary N) is 1. The molecule has 1 N–H and O–H groups in total. The Morgan fingerprint density at radius 1 is 1.21 bits per heavy atom. The minimum Gasteiger partial charge on any atom is -0.316 e. The normalized spacial score (nSPS) is 15.4. The molecular formula is C16H20N2S. The van der Waals surface area contributed by atoms with Gasteiger partial charge < -0.3 is 5.32 Å². The first-order valence-electron chi connectivity index (χ1n) is 6.86. The van der Waals surface area contributed by atoms with Crippen LogP contribution in [-0.4, -0.2) is 18.5 Å². The summed E-state index contributed by atoms with van der Waals surface area (Å²) in [6, 6.07) is 11.0. The molecule has 0 spiro atoms. The fourth-order valence-corrected chi connectivity index (χ4v) is 3.65. The molecule has 0 saturated carbocycles. The van der Waals surface area contributed by atoms with Gasteiger partial charge in [-0.15, -0.1) is 11.3 Å². The summed E-state index contributed by atoms with van der Waals surface area (Å²) < 4.78 is 0. The van der Waals surface area contributed by atoms with Crippen molar-refractivity contribution in [3.05, 3.63) is 57.3 Å². The van der Waals surface area contributed by atoms with Crippen molar-refractivity contribution < 1.29 is 0 Å². The third-order valence-electron chi connectivity index (χ3n) is 3.77. The van der Waals surface area contributed by atoms with E-state index in [-0.39, 0.29) is 0 Å². The van der Waals surface area contributed by atoms with Crippen LogP contribution < -0.4 is 5.32 Å². The van der Waals surface area contributed by atoms with Gasteiger partial charge >= 0.3 is 0 Å². The van der Waals surface area contributed by atoms with Crippen LogP contribution in [0.5, 0.6) is 0 Å². The van der Waals surface area contributed by atoms with Gasteiger partial charge in [0.2, 0.25) is 0 Å². The Morgan fingerprint density at radius 2 is 2.05 bits per heavy atom. The number of benzene rings is 1. The molecule has 0 saturated heterocycles. The van der Waals surface area contributed by atoms with Crippen LogP contribution >= 0.6 is 11.3 Å². The fraction of sp³-hybridized carbons (Fsp3) is 0.375. The average Bonchev–Trinajstić information content (AvgIpc) is 2.89. The van der Waals surface area contributed by atoms with E-state index in [2.05, 4.69) is 45.9 Å². The fourth-order valence-electron chi connectivity index (χ4n) is 2.76. The molecule has 3 heteroatoms. The topological polar surface area (TPSA) is 15.3 Å². The highest BCUT2D eigenvalue weighted by molar-refractivity contribution is 7.10. The van der Waals surface area contributed by atoms with E-state index in [1.54, 1.807) is 4.88 Å². The summed E-state index contributed by atoms with van der Waals surface area (Å²) in [5.74, 6) is 0. The van der Waals surface area contributed by atoms with Crippen molar-refractivity contribution in [1.29, 1.82) is 0 Å². The quantitative estimate of drug-likeness (QED) is 0.920. The van der Waals surface area contributed by atoms with E-state index in [0.29, 0.717) is 0 Å². The highest BCUT2D eigenvalue weighted by Crippen LogP contribution is 2.25. The summed E-state index contributed by atoms with van der Waals surface area (Å²) in [5, 5.41) is 5.48. The number of rotatable bonds is 4. The monoisotopic (exact) mass is 272 g/mol. The van der Waals surface area contributed by atoms with Crippen LogP contribution in [0.2, 0.25) is 0 Å². The molecule has 0 bridgehead atoms. The van der Waals surface area contributed by atoms with Crippen LogP contribution in [0.3, 0.4) is 0 Å². The Morgan fingerprint density at radius 3 is 2.89 bits per heavy atom. The van der Waals surface area contributed by atoms with Gasteiger partial charge in [-0.1, -0.05) is 24.3 Å². The molecule has 0 aliphatic carbocycles. The Kier molecular flexibility index (Phi) is 3.97. The third-order valence-corrected chi connectivity index (χ3v) is 4.79. The lowest BCUT2D eigenvalue weighted by Crippen LogP contribution is -2.29. The molecule has 100 valence electrons. The molecule has 2 nitrogen and oxygen atoms in total. The zero-order valence-electron chi connectivity index (χ0n) is 11.4. The van der Waals surface area contributed by atoms with Crippen molar-refractivity contribution in [2.75, 3.05) is 13.6 Å². The van der Waals surface area contributed by atoms with E-state index in [1.807, 2.05) is 18.4 Å². The molecule has 0 fully saturated rings. The van der Waals surface area contributed by atoms with Crippen molar-refractivity contribution in [2.45, 2.75) is 26.1 Å². The summed E-state index contributed by atoms with van der Waals surface area (Å²) in [6.45, 7) is 4.30. The second kappa shape index (κ2) is 5.87. The van der Waals surface area contributed by atoms with Crippen molar-refractivity contribution >= 4 is 11.3 Å². The first kappa shape index (κ1) is 12.9. The predicted octanol–water partition coefficient (Wildman–Crippen LogP) is 3.03. The van der Waals surface area contributed by atoms with Gasteiger partial charge in [-0.25, -0.2) is 0 Å². The molecule has 2 aromatic rings. The van der Waals surface area contributed by atoms with Gasteiger partial charge in [-0.05, 0) is 41.6 Å². The van der Waals surface area contributed by atoms with E-state index < -0.39 is 0 Å². The molecule has 1 aliphatic rings. The van der Waals surface area contributed by atoms with Gasteiger partial charge in [0.05, 0.1) is 0 Å². The number of fused-ring (bicyclic) bond motifs is 1. The van der Waals surface area contributed by atoms with E-state index in [9.17, 15) is 0 Å². The zero-order valence-corrected chi connectivity index (χ0v) is 12.2. The van der Waals surface area contributed by atoms with Gasteiger partial charge in [0.25, 0.3) is 0 Å². The standard InChI is InChI=1S/C16H20N2S/c1-17-10-13-4-2-3-5-14(13)11-18-8-6-16-15(12-18)7-9-19-16/h2-5,7,9,17H,6,8,10-12H2,1H3. The van der Waals surface area contributed by atoms with E-state index in [1.165, 1.54) is 29.7 Å². The van der Waals surface area contributed by atoms with Crippen molar-refractivity contribution in [2.24, 2.45) is 0 Å². The van der Waals surface area contributed by atoms with E-state index >= 15 is 0 Å². The van der Waals surface area contributed by atoms with Gasteiger partial charge in [0.15, 0.2) is 0 Å². The maximum Gasteiger partial charge on any atom is 0.0248 e. The Hall–Kier alpha value is -1.16. The molecule has 3 rings (SSSR count). The molecule has 1 aromatic carbocycles. The minimum atomic E-state index is 0.952. The molecule has 19 heavy (non-hydrogen) atoms. The largest absolute Gasteiger partial charge is 0.316 e. The molecular weight excluding hydrogens is 252 g/mol. The van der Waals surface area contributed by atoms with E-state index in [4.69, 9.17) is 0 Å². The SMILES string of the molecule is CNCc1ccccc1CN1CCc2sccc2C1. The number of thiophene rings is 1. The summed E-state index contributed by atoms with van der Waals surface area (Å²) >= 11 is 1.91. The highest BCUT2D eigenvalue weighted by Gasteiger charge is 2.17. The minimum absolute atomic E-state index is 0.952. The van der Waals surface area contributed by atoms with Crippen LogP contribution in [0.4, 0.5) is 0 Å². The number of hydrogen-bond acceptors (Lipinski definition) is 3. The number of hydrogen-bond donors (Lipinski definition) is 1. The molecule has 1 aromatic heterocycles. The predicted molar refractivity (Wildman–Crippen MR) is 81.3 cm³/mol. The van der Waals surface area contributed by atoms with Crippen LogP contribution in [0.15, 0.2) is 35.7 Å². The van der Waals surface area contributed by atoms with E-state index in [0.717, 1.165) is 19.6 Å². The Bertz CT molecular complexity index is 547. The average molecular weight is 272 g/mol. The molecule has 0 amide bonds. The lowest BCUT2D eigenvalue weighted by atomic mass is 10.0. The smallest absolute Gasteiger partial charge is 0.0248 e. The number of nitrogens with zero attached hydrogens (tertiary/aromatic N) is 1. The van der Waals surface area contributed by atoms with Gasteiger partial charge in [0, 0.05) is 31.1 Å². The van der Waals surface area contributed by atoms with Crippen LogP contribution in [-0.2, 0) is 26.1 Å². The summed E-state index contributed by atoms with van der Waals surface area (Å²) in [4.78, 5) is 4.14. The van der Waals surface area contributed by atoms with Crippen molar-refractivity contribution in [3.63, 3.8) is 0 Å². The lowest BCUT2D eigenvalue weighted by molar-refractivity contribution is 0.246. The van der Waals surface area contributed by atoms with Gasteiger partial charge in [-0.3, -0.25) is 4.90 Å². The lowest BCUT2D eigenvalue weighted by Gasteiger charge is -2.27. The maximum atomic E-state index is 3.26. The first-order valence-corrected chi connectivity index (χ1v) is 7.74. The molecule has 0 atom stereocenters. The molecule has 0 unspecified atom stereocenters. The van der Waals surface area contributed by atoms with Crippen LogP contribution in [0.25, 0.3) is 0 Å². The summed E-state index contributed by atoms with van der Waals surface area (Å²) in [7, 11) is 2.01. The van der Waals surface area contributed by atoms with Crippen LogP contribution in [0.1, 0.15) is 21.6 Å². The Labute approximate surface area is 119 Å². The highest BCUT2D eigenvalue weighted by atomic mass is 32.1. The van der Waals surface area contributed by atoms with Crippen LogP contribution in [0, 0.1) is 0 Å². The molecule has 0 radical (unpaired) electrons. The summed E-state index contributed by atoms with van der Waals surface area (Å²) in [5.41, 5.74) is 4.40. The van der Waals surface area contributed by atoms with Gasteiger partial charge in [0.1, 0.15) is 0 Å². The maximum absolute atomic E-state index is 3.26. The Balaban J connectivity index is 1.72. The second-order valence-corrected chi connectivity index (χ2v) is 6.13. The second-order valence-electron chi connectivity index (χ2n) is 5.13. The zero-order chi connectivity index (χ0) is 13.1. The third kappa shape index (κ3) is 2.89. The van der Waals surface area contributed by atoms with Crippen molar-refractivity contribution in [3.8, 4) is 0 Å². The molecule has 2 heterocycles. The van der Waals surface area contributed by atoms with Gasteiger partial charge in [-0.2, -0.15) is 0 Å². The summed E-state index contributed by atoms with van der Waals surface area (Å²) in [6.07, 6.45) is 1.21.